The molecule has 3 rings (SSSR count). The Hall–Kier alpha value is -3.68. The van der Waals surface area contributed by atoms with Gasteiger partial charge in [0.05, 0.1) is 12.8 Å². The van der Waals surface area contributed by atoms with E-state index >= 15 is 0 Å². The first-order chi connectivity index (χ1) is 13.4. The van der Waals surface area contributed by atoms with Gasteiger partial charge in [0.15, 0.2) is 0 Å². The lowest BCUT2D eigenvalue weighted by Gasteiger charge is -2.10. The van der Waals surface area contributed by atoms with Crippen LogP contribution >= 0.6 is 0 Å². The van der Waals surface area contributed by atoms with Crippen LogP contribution in [0.4, 0.5) is 0 Å². The van der Waals surface area contributed by atoms with Gasteiger partial charge in [0, 0.05) is 13.6 Å². The Morgan fingerprint density at radius 1 is 1.07 bits per heavy atom. The number of nitrogens with zero attached hydrogens (tertiary/aromatic N) is 3. The number of aromatic nitrogens is 3. The van der Waals surface area contributed by atoms with E-state index in [1.807, 2.05) is 31.2 Å². The fourth-order valence-electron chi connectivity index (χ4n) is 2.58. The zero-order valence-corrected chi connectivity index (χ0v) is 15.8. The zero-order valence-electron chi connectivity index (χ0n) is 15.8. The average Bonchev–Trinajstić information content (AvgIpc) is 2.72. The van der Waals surface area contributed by atoms with Gasteiger partial charge in [-0.25, -0.2) is 4.79 Å². The number of carbonyl (C=O) groups excluding carboxylic acids is 1. The van der Waals surface area contributed by atoms with Crippen LogP contribution in [-0.2, 0) is 13.6 Å². The van der Waals surface area contributed by atoms with E-state index in [1.165, 1.54) is 14.2 Å². The predicted octanol–water partition coefficient (Wildman–Crippen LogP) is 1.18. The van der Waals surface area contributed by atoms with Gasteiger partial charge < -0.3 is 10.1 Å². The number of carbonyl (C=O) groups is 1. The van der Waals surface area contributed by atoms with Crippen molar-refractivity contribution < 1.29 is 9.53 Å². The van der Waals surface area contributed by atoms with Gasteiger partial charge in [0.1, 0.15) is 5.75 Å². The van der Waals surface area contributed by atoms with Crippen LogP contribution < -0.4 is 21.3 Å². The summed E-state index contributed by atoms with van der Waals surface area (Å²) in [4.78, 5) is 37.3. The van der Waals surface area contributed by atoms with Crippen molar-refractivity contribution in [2.75, 3.05) is 7.11 Å². The van der Waals surface area contributed by atoms with Gasteiger partial charge in [-0.3, -0.25) is 14.2 Å². The molecule has 0 saturated carbocycles. The van der Waals surface area contributed by atoms with Crippen molar-refractivity contribution in [3.63, 3.8) is 0 Å². The maximum absolute atomic E-state index is 12.5. The Balaban J connectivity index is 1.92. The predicted molar refractivity (Wildman–Crippen MR) is 104 cm³/mol. The van der Waals surface area contributed by atoms with Crippen molar-refractivity contribution in [3.05, 3.63) is 86.2 Å². The van der Waals surface area contributed by atoms with E-state index in [0.717, 1.165) is 20.4 Å². The molecule has 0 bridgehead atoms. The van der Waals surface area contributed by atoms with Crippen LogP contribution in [0, 0.1) is 6.92 Å². The SMILES string of the molecule is COc1ccc(-n2nc(C(=O)NCc3ccc(C)cc3)c(=O)n(C)c2=O)cc1. The van der Waals surface area contributed by atoms with Crippen molar-refractivity contribution in [3.8, 4) is 11.4 Å². The van der Waals surface area contributed by atoms with Gasteiger partial charge in [-0.05, 0) is 36.8 Å². The Morgan fingerprint density at radius 3 is 2.32 bits per heavy atom. The smallest absolute Gasteiger partial charge is 0.351 e. The van der Waals surface area contributed by atoms with Crippen LogP contribution in [0.1, 0.15) is 21.6 Å². The summed E-state index contributed by atoms with van der Waals surface area (Å²) >= 11 is 0. The van der Waals surface area contributed by atoms with E-state index in [1.54, 1.807) is 24.3 Å². The monoisotopic (exact) mass is 380 g/mol. The molecular formula is C20H20N4O4. The molecule has 3 aromatic rings. The van der Waals surface area contributed by atoms with Crippen LogP contribution in [0.2, 0.25) is 0 Å². The fraction of sp³-hybridized carbons (Fsp3) is 0.200. The Kier molecular flexibility index (Phi) is 5.39. The molecule has 0 aliphatic rings. The van der Waals surface area contributed by atoms with Crippen molar-refractivity contribution in [1.82, 2.24) is 19.7 Å². The third kappa shape index (κ3) is 3.85. The maximum atomic E-state index is 12.5. The summed E-state index contributed by atoms with van der Waals surface area (Å²) in [6.07, 6.45) is 0. The van der Waals surface area contributed by atoms with E-state index in [0.29, 0.717) is 11.4 Å². The quantitative estimate of drug-likeness (QED) is 0.717. The number of benzene rings is 2. The molecule has 144 valence electrons. The standard InChI is InChI=1S/C20H20N4O4/c1-13-4-6-14(7-5-13)12-21-18(25)17-19(26)23(2)20(27)24(22-17)15-8-10-16(28-3)11-9-15/h4-11H,12H2,1-3H3,(H,21,25). The molecule has 1 aromatic heterocycles. The summed E-state index contributed by atoms with van der Waals surface area (Å²) in [5.74, 6) is -0.0406. The number of nitrogens with one attached hydrogen (secondary N) is 1. The molecule has 0 spiro atoms. The Morgan fingerprint density at radius 2 is 1.71 bits per heavy atom. The number of hydrogen-bond acceptors (Lipinski definition) is 5. The van der Waals surface area contributed by atoms with Gasteiger partial charge in [-0.2, -0.15) is 9.78 Å². The molecule has 1 heterocycles. The number of rotatable bonds is 5. The first-order valence-corrected chi connectivity index (χ1v) is 8.59. The Bertz CT molecular complexity index is 1110. The highest BCUT2D eigenvalue weighted by atomic mass is 16.5. The molecule has 28 heavy (non-hydrogen) atoms. The summed E-state index contributed by atoms with van der Waals surface area (Å²) < 4.78 is 6.97. The molecule has 0 atom stereocenters. The van der Waals surface area contributed by atoms with Crippen LogP contribution in [0.3, 0.4) is 0 Å². The average molecular weight is 380 g/mol. The Labute approximate surface area is 161 Å². The molecule has 0 aliphatic carbocycles. The third-order valence-electron chi connectivity index (χ3n) is 4.28. The topological polar surface area (TPSA) is 95.2 Å². The van der Waals surface area contributed by atoms with Crippen molar-refractivity contribution in [1.29, 1.82) is 0 Å². The minimum atomic E-state index is -0.754. The number of aryl methyl sites for hydroxylation is 1. The number of methoxy groups -OCH3 is 1. The van der Waals surface area contributed by atoms with Crippen molar-refractivity contribution >= 4 is 5.91 Å². The van der Waals surface area contributed by atoms with Crippen molar-refractivity contribution in [2.45, 2.75) is 13.5 Å². The molecule has 1 amide bonds. The zero-order chi connectivity index (χ0) is 20.3. The van der Waals surface area contributed by atoms with Gasteiger partial charge in [0.2, 0.25) is 5.69 Å². The molecular weight excluding hydrogens is 360 g/mol. The van der Waals surface area contributed by atoms with Gasteiger partial charge in [-0.15, -0.1) is 0 Å². The summed E-state index contributed by atoms with van der Waals surface area (Å²) in [5, 5.41) is 6.67. The lowest BCUT2D eigenvalue weighted by Crippen LogP contribution is -2.44. The fourth-order valence-corrected chi connectivity index (χ4v) is 2.58. The highest BCUT2D eigenvalue weighted by Crippen LogP contribution is 2.12. The number of ether oxygens (including phenoxy) is 1. The van der Waals surface area contributed by atoms with E-state index in [9.17, 15) is 14.4 Å². The maximum Gasteiger partial charge on any atom is 0.351 e. The lowest BCUT2D eigenvalue weighted by molar-refractivity contribution is 0.0941. The number of hydrogen-bond donors (Lipinski definition) is 1. The summed E-state index contributed by atoms with van der Waals surface area (Å²) in [6, 6.07) is 14.2. The summed E-state index contributed by atoms with van der Waals surface area (Å²) in [5.41, 5.74) is 0.650. The molecule has 2 aromatic carbocycles. The lowest BCUT2D eigenvalue weighted by atomic mass is 10.1. The molecule has 0 fully saturated rings. The second-order valence-electron chi connectivity index (χ2n) is 6.27. The van der Waals surface area contributed by atoms with E-state index < -0.39 is 17.2 Å². The van der Waals surface area contributed by atoms with Crippen LogP contribution in [0.25, 0.3) is 5.69 Å². The molecule has 8 nitrogen and oxygen atoms in total. The van der Waals surface area contributed by atoms with Crippen LogP contribution in [0.5, 0.6) is 5.75 Å². The molecule has 8 heteroatoms. The van der Waals surface area contributed by atoms with Crippen LogP contribution in [-0.4, -0.2) is 27.4 Å². The second kappa shape index (κ2) is 7.91. The highest BCUT2D eigenvalue weighted by molar-refractivity contribution is 5.91. The second-order valence-corrected chi connectivity index (χ2v) is 6.27. The molecule has 0 unspecified atom stereocenters. The molecule has 0 saturated heterocycles. The van der Waals surface area contributed by atoms with Crippen LogP contribution in [0.15, 0.2) is 58.1 Å². The first kappa shape index (κ1) is 19.1. The van der Waals surface area contributed by atoms with E-state index in [-0.39, 0.29) is 12.2 Å². The minimum Gasteiger partial charge on any atom is -0.497 e. The minimum absolute atomic E-state index is 0.242. The molecule has 0 aliphatic heterocycles. The molecule has 1 N–H and O–H groups in total. The van der Waals surface area contributed by atoms with Gasteiger partial charge >= 0.3 is 5.69 Å². The van der Waals surface area contributed by atoms with Crippen molar-refractivity contribution in [2.24, 2.45) is 7.05 Å². The van der Waals surface area contributed by atoms with E-state index in [4.69, 9.17) is 4.74 Å². The number of amides is 1. The normalized spacial score (nSPS) is 10.5. The molecule has 0 radical (unpaired) electrons. The van der Waals surface area contributed by atoms with Gasteiger partial charge in [-0.1, -0.05) is 29.8 Å². The largest absolute Gasteiger partial charge is 0.497 e. The highest BCUT2D eigenvalue weighted by Gasteiger charge is 2.18. The summed E-state index contributed by atoms with van der Waals surface area (Å²) in [6.45, 7) is 2.21. The third-order valence-corrected chi connectivity index (χ3v) is 4.28. The summed E-state index contributed by atoms with van der Waals surface area (Å²) in [7, 11) is 2.84. The van der Waals surface area contributed by atoms with Gasteiger partial charge in [0.25, 0.3) is 11.5 Å². The first-order valence-electron chi connectivity index (χ1n) is 8.59. The van der Waals surface area contributed by atoms with E-state index in [2.05, 4.69) is 10.4 Å².